The molecule has 0 bridgehead atoms. The van der Waals surface area contributed by atoms with Gasteiger partial charge in [-0.3, -0.25) is 0 Å². The molecule has 0 radical (unpaired) electrons. The molecule has 6 aromatic carbocycles. The number of rotatable bonds is 8. The smallest absolute Gasteiger partial charge is 0.0620 e. The Morgan fingerprint density at radius 3 is 0.857 bits per heavy atom. The molecule has 0 aromatic heterocycles. The molecule has 0 fully saturated rings. The molecule has 0 saturated heterocycles. The summed E-state index contributed by atoms with van der Waals surface area (Å²) in [5, 5.41) is 11.6. The molecule has 206 valence electrons. The van der Waals surface area contributed by atoms with Crippen molar-refractivity contribution in [1.82, 2.24) is 0 Å². The standard InChI is InChI=1S/C39H37P3/c1-40(36-28-16-18-30-38(36)41(2,32-20-8-4-9-21-32)33-22-10-5-11-23-33)37-29-17-19-31-39(37)42(3,34-24-12-6-13-25-34)35-26-14-7-15-27-35/h4-31H,1-3H3/q+2. The van der Waals surface area contributed by atoms with E-state index in [9.17, 15) is 0 Å². The lowest BCUT2D eigenvalue weighted by Crippen LogP contribution is -2.41. The van der Waals surface area contributed by atoms with Gasteiger partial charge in [0, 0.05) is 10.6 Å². The van der Waals surface area contributed by atoms with Crippen LogP contribution in [0.4, 0.5) is 0 Å². The molecule has 0 atom stereocenters. The molecule has 0 unspecified atom stereocenters. The summed E-state index contributed by atoms with van der Waals surface area (Å²) in [6, 6.07) is 63.3. The Labute approximate surface area is 253 Å². The topological polar surface area (TPSA) is 0 Å². The molecule has 0 spiro atoms. The van der Waals surface area contributed by atoms with Crippen LogP contribution >= 0.6 is 22.4 Å². The Morgan fingerprint density at radius 2 is 0.571 bits per heavy atom. The molecular formula is C39H37P3+2. The van der Waals surface area contributed by atoms with Crippen molar-refractivity contribution in [2.24, 2.45) is 0 Å². The van der Waals surface area contributed by atoms with E-state index in [4.69, 9.17) is 0 Å². The van der Waals surface area contributed by atoms with Gasteiger partial charge >= 0.3 is 0 Å². The molecule has 0 nitrogen and oxygen atoms in total. The third-order valence-corrected chi connectivity index (χ3v) is 19.1. The molecule has 42 heavy (non-hydrogen) atoms. The molecular weight excluding hydrogens is 561 g/mol. The Bertz CT molecular complexity index is 1540. The zero-order valence-electron chi connectivity index (χ0n) is 24.5. The Morgan fingerprint density at radius 1 is 0.333 bits per heavy atom. The van der Waals surface area contributed by atoms with E-state index in [0.717, 1.165) is 0 Å². The van der Waals surface area contributed by atoms with Gasteiger partial charge in [-0.2, -0.15) is 0 Å². The first kappa shape index (κ1) is 28.7. The van der Waals surface area contributed by atoms with Gasteiger partial charge in [0.15, 0.2) is 0 Å². The van der Waals surface area contributed by atoms with Crippen molar-refractivity contribution in [1.29, 1.82) is 0 Å². The normalized spacial score (nSPS) is 11.9. The van der Waals surface area contributed by atoms with Crippen LogP contribution in [0.15, 0.2) is 170 Å². The van der Waals surface area contributed by atoms with Crippen molar-refractivity contribution in [3.63, 3.8) is 0 Å². The number of benzene rings is 6. The third kappa shape index (κ3) is 5.19. The van der Waals surface area contributed by atoms with Crippen LogP contribution in [-0.2, 0) is 0 Å². The minimum absolute atomic E-state index is 0.647. The van der Waals surface area contributed by atoms with Crippen LogP contribution in [0.5, 0.6) is 0 Å². The van der Waals surface area contributed by atoms with E-state index in [1.165, 1.54) is 42.4 Å². The van der Waals surface area contributed by atoms with E-state index in [0.29, 0.717) is 0 Å². The van der Waals surface area contributed by atoms with E-state index in [-0.39, 0.29) is 0 Å². The van der Waals surface area contributed by atoms with E-state index in [2.05, 4.69) is 190 Å². The third-order valence-electron chi connectivity index (χ3n) is 8.54. The summed E-state index contributed by atoms with van der Waals surface area (Å²) >= 11 is 0. The molecule has 0 aliphatic rings. The lowest BCUT2D eigenvalue weighted by Gasteiger charge is -2.30. The van der Waals surface area contributed by atoms with E-state index in [1.54, 1.807) is 0 Å². The summed E-state index contributed by atoms with van der Waals surface area (Å²) in [5.74, 6) is 0. The SMILES string of the molecule is CP(c1ccccc1[P+](C)(c1ccccc1)c1ccccc1)c1ccccc1[P+](C)(c1ccccc1)c1ccccc1. The van der Waals surface area contributed by atoms with E-state index >= 15 is 0 Å². The summed E-state index contributed by atoms with van der Waals surface area (Å²) in [7, 11) is -4.42. The highest BCUT2D eigenvalue weighted by molar-refractivity contribution is 7.97. The van der Waals surface area contributed by atoms with Gasteiger partial charge in [-0.1, -0.05) is 109 Å². The Hall–Kier alpha value is -3.39. The molecule has 0 aliphatic carbocycles. The highest BCUT2D eigenvalue weighted by Crippen LogP contribution is 2.54. The molecule has 3 heteroatoms. The van der Waals surface area contributed by atoms with Crippen LogP contribution in [-0.4, -0.2) is 20.0 Å². The number of hydrogen-bond donors (Lipinski definition) is 0. The van der Waals surface area contributed by atoms with Gasteiger partial charge < -0.3 is 0 Å². The quantitative estimate of drug-likeness (QED) is 0.173. The highest BCUT2D eigenvalue weighted by Gasteiger charge is 2.45. The number of hydrogen-bond acceptors (Lipinski definition) is 0. The van der Waals surface area contributed by atoms with Gasteiger partial charge in [-0.25, -0.2) is 0 Å². The van der Waals surface area contributed by atoms with Crippen LogP contribution in [0.1, 0.15) is 0 Å². The first-order chi connectivity index (χ1) is 20.5. The summed E-state index contributed by atoms with van der Waals surface area (Å²) in [5.41, 5.74) is 0. The van der Waals surface area contributed by atoms with Crippen molar-refractivity contribution in [2.45, 2.75) is 0 Å². The first-order valence-corrected chi connectivity index (χ1v) is 20.7. The van der Waals surface area contributed by atoms with E-state index < -0.39 is 22.4 Å². The molecule has 0 aliphatic heterocycles. The van der Waals surface area contributed by atoms with Crippen LogP contribution in [0.25, 0.3) is 0 Å². The fourth-order valence-electron chi connectivity index (χ4n) is 6.14. The Balaban J connectivity index is 1.57. The minimum atomic E-state index is -1.88. The average molecular weight is 599 g/mol. The zero-order valence-corrected chi connectivity index (χ0v) is 27.2. The van der Waals surface area contributed by atoms with Gasteiger partial charge in [0.05, 0.1) is 13.3 Å². The maximum atomic E-state index is 2.51. The molecule has 0 heterocycles. The van der Waals surface area contributed by atoms with Crippen molar-refractivity contribution in [3.8, 4) is 0 Å². The molecule has 6 aromatic rings. The average Bonchev–Trinajstić information content (AvgIpc) is 3.09. The van der Waals surface area contributed by atoms with E-state index in [1.807, 2.05) is 0 Å². The molecule has 0 N–H and O–H groups in total. The van der Waals surface area contributed by atoms with Crippen molar-refractivity contribution < 1.29 is 0 Å². The van der Waals surface area contributed by atoms with Gasteiger partial charge in [-0.15, -0.1) is 0 Å². The predicted octanol–water partition coefficient (Wildman–Crippen LogP) is 6.60. The summed E-state index contributed by atoms with van der Waals surface area (Å²) in [4.78, 5) is 0. The second-order valence-electron chi connectivity index (χ2n) is 10.9. The van der Waals surface area contributed by atoms with Crippen LogP contribution in [0.3, 0.4) is 0 Å². The maximum absolute atomic E-state index is 2.51. The maximum Gasteiger partial charge on any atom is 0.112 e. The van der Waals surface area contributed by atoms with Gasteiger partial charge in [0.25, 0.3) is 0 Å². The first-order valence-electron chi connectivity index (χ1n) is 14.4. The molecule has 6 rings (SSSR count). The summed E-state index contributed by atoms with van der Waals surface area (Å²) in [6.45, 7) is 7.50. The minimum Gasteiger partial charge on any atom is -0.0620 e. The fourth-order valence-corrected chi connectivity index (χ4v) is 16.6. The monoisotopic (exact) mass is 598 g/mol. The zero-order chi connectivity index (χ0) is 29.0. The largest absolute Gasteiger partial charge is 0.112 e. The second kappa shape index (κ2) is 12.5. The van der Waals surface area contributed by atoms with Crippen LogP contribution in [0, 0.1) is 0 Å². The molecule has 0 amide bonds. The Kier molecular flexibility index (Phi) is 8.52. The van der Waals surface area contributed by atoms with Gasteiger partial charge in [-0.05, 0) is 75.3 Å². The predicted molar refractivity (Wildman–Crippen MR) is 194 cm³/mol. The van der Waals surface area contributed by atoms with Crippen molar-refractivity contribution >= 4 is 64.9 Å². The lowest BCUT2D eigenvalue weighted by molar-refractivity contribution is 1.72. The van der Waals surface area contributed by atoms with Gasteiger partial charge in [0.1, 0.15) is 46.4 Å². The van der Waals surface area contributed by atoms with Crippen molar-refractivity contribution in [2.75, 3.05) is 20.0 Å². The van der Waals surface area contributed by atoms with Crippen LogP contribution in [0.2, 0.25) is 0 Å². The second-order valence-corrected chi connectivity index (χ2v) is 20.0. The van der Waals surface area contributed by atoms with Crippen LogP contribution < -0.4 is 42.4 Å². The lowest BCUT2D eigenvalue weighted by atomic mass is 10.3. The van der Waals surface area contributed by atoms with Gasteiger partial charge in [0.2, 0.25) is 0 Å². The highest BCUT2D eigenvalue weighted by atomic mass is 31.2. The van der Waals surface area contributed by atoms with Crippen molar-refractivity contribution in [3.05, 3.63) is 170 Å². The summed E-state index contributed by atoms with van der Waals surface area (Å²) in [6.07, 6.45) is 0. The fraction of sp³-hybridized carbons (Fsp3) is 0.0769. The summed E-state index contributed by atoms with van der Waals surface area (Å²) < 4.78 is 0. The molecule has 0 saturated carbocycles.